The molecule has 1 saturated heterocycles. The van der Waals surface area contributed by atoms with E-state index >= 15 is 0 Å². The number of carbonyl (C=O) groups excluding carboxylic acids is 2. The maximum Gasteiger partial charge on any atom is 0.253 e. The van der Waals surface area contributed by atoms with E-state index in [1.165, 1.54) is 0 Å². The van der Waals surface area contributed by atoms with Gasteiger partial charge in [0.15, 0.2) is 0 Å². The van der Waals surface area contributed by atoms with E-state index in [4.69, 9.17) is 0 Å². The lowest BCUT2D eigenvalue weighted by atomic mass is 10.1. The summed E-state index contributed by atoms with van der Waals surface area (Å²) in [5.74, 6) is 0.162. The number of benzene rings is 1. The van der Waals surface area contributed by atoms with Crippen LogP contribution < -0.4 is 5.32 Å². The molecule has 0 atom stereocenters. The minimum absolute atomic E-state index is 0.0204. The third-order valence-electron chi connectivity index (χ3n) is 5.40. The molecule has 0 radical (unpaired) electrons. The molecule has 0 saturated carbocycles. The second kappa shape index (κ2) is 11.2. The van der Waals surface area contributed by atoms with E-state index in [9.17, 15) is 9.59 Å². The summed E-state index contributed by atoms with van der Waals surface area (Å²) in [7, 11) is 0. The average molecular weight is 389 g/mol. The quantitative estimate of drug-likeness (QED) is 0.702. The van der Waals surface area contributed by atoms with Gasteiger partial charge in [0.2, 0.25) is 5.91 Å². The van der Waals surface area contributed by atoms with Crippen LogP contribution in [0.5, 0.6) is 0 Å². The maximum atomic E-state index is 13.2. The van der Waals surface area contributed by atoms with Gasteiger partial charge in [0, 0.05) is 57.8 Å². The Hall–Kier alpha value is -1.92. The largest absolute Gasteiger partial charge is 0.340 e. The van der Waals surface area contributed by atoms with Crippen molar-refractivity contribution >= 4 is 11.8 Å². The van der Waals surface area contributed by atoms with Crippen molar-refractivity contribution in [2.75, 3.05) is 58.9 Å². The summed E-state index contributed by atoms with van der Waals surface area (Å²) in [4.78, 5) is 31.8. The Morgan fingerprint density at radius 3 is 2.14 bits per heavy atom. The third-order valence-corrected chi connectivity index (χ3v) is 5.40. The molecule has 0 aliphatic carbocycles. The van der Waals surface area contributed by atoms with Crippen LogP contribution in [0.25, 0.3) is 0 Å². The molecule has 1 aliphatic rings. The zero-order valence-electron chi connectivity index (χ0n) is 18.0. The van der Waals surface area contributed by atoms with Gasteiger partial charge in [-0.2, -0.15) is 0 Å². The van der Waals surface area contributed by atoms with Crippen molar-refractivity contribution in [1.82, 2.24) is 20.0 Å². The molecule has 0 aromatic heterocycles. The average Bonchev–Trinajstić information content (AvgIpc) is 2.70. The van der Waals surface area contributed by atoms with Crippen LogP contribution in [-0.2, 0) is 4.79 Å². The number of carbonyl (C=O) groups is 2. The van der Waals surface area contributed by atoms with Crippen LogP contribution in [0.3, 0.4) is 0 Å². The first-order valence-corrected chi connectivity index (χ1v) is 10.5. The van der Waals surface area contributed by atoms with Crippen molar-refractivity contribution < 1.29 is 9.59 Å². The van der Waals surface area contributed by atoms with E-state index in [-0.39, 0.29) is 11.8 Å². The molecule has 1 aromatic rings. The lowest BCUT2D eigenvalue weighted by Crippen LogP contribution is -2.47. The molecular formula is C22H36N4O2. The van der Waals surface area contributed by atoms with E-state index in [0.717, 1.165) is 56.9 Å². The first-order valence-electron chi connectivity index (χ1n) is 10.5. The summed E-state index contributed by atoms with van der Waals surface area (Å²) in [6.07, 6.45) is 0.384. The van der Waals surface area contributed by atoms with Gasteiger partial charge in [0.25, 0.3) is 5.91 Å². The fraction of sp³-hybridized carbons (Fsp3) is 0.636. The molecule has 156 valence electrons. The van der Waals surface area contributed by atoms with Gasteiger partial charge < -0.3 is 20.0 Å². The number of rotatable bonds is 9. The zero-order valence-corrected chi connectivity index (χ0v) is 18.0. The Labute approximate surface area is 169 Å². The monoisotopic (exact) mass is 388 g/mol. The molecule has 0 spiro atoms. The van der Waals surface area contributed by atoms with Crippen molar-refractivity contribution in [3.05, 3.63) is 34.9 Å². The summed E-state index contributed by atoms with van der Waals surface area (Å²) in [5, 5.41) is 3.27. The highest BCUT2D eigenvalue weighted by Gasteiger charge is 2.21. The van der Waals surface area contributed by atoms with Gasteiger partial charge in [-0.3, -0.25) is 9.59 Å². The van der Waals surface area contributed by atoms with Crippen LogP contribution in [0.15, 0.2) is 18.2 Å². The number of hydrogen-bond donors (Lipinski definition) is 1. The Morgan fingerprint density at radius 1 is 0.964 bits per heavy atom. The fourth-order valence-corrected chi connectivity index (χ4v) is 3.70. The van der Waals surface area contributed by atoms with Crippen molar-refractivity contribution in [3.63, 3.8) is 0 Å². The Balaban J connectivity index is 2.06. The second-order valence-corrected chi connectivity index (χ2v) is 7.58. The minimum atomic E-state index is 0.0204. The summed E-state index contributed by atoms with van der Waals surface area (Å²) in [6.45, 7) is 15.3. The molecule has 28 heavy (non-hydrogen) atoms. The Bertz CT molecular complexity index is 632. The van der Waals surface area contributed by atoms with Crippen LogP contribution in [0, 0.1) is 13.8 Å². The van der Waals surface area contributed by atoms with Crippen LogP contribution >= 0.6 is 0 Å². The maximum absolute atomic E-state index is 13.2. The number of hydrogen-bond acceptors (Lipinski definition) is 4. The van der Waals surface area contributed by atoms with Gasteiger partial charge in [0.05, 0.1) is 0 Å². The van der Waals surface area contributed by atoms with Crippen LogP contribution in [-0.4, -0.2) is 85.4 Å². The van der Waals surface area contributed by atoms with Gasteiger partial charge in [-0.25, -0.2) is 0 Å². The first kappa shape index (κ1) is 22.4. The smallest absolute Gasteiger partial charge is 0.253 e. The number of nitrogens with one attached hydrogen (secondary N) is 1. The Kier molecular flexibility index (Phi) is 8.93. The summed E-state index contributed by atoms with van der Waals surface area (Å²) in [6, 6.07) is 5.96. The molecule has 1 N–H and O–H groups in total. The SMILES string of the molecule is CCN(CC)CCN(CCC(=O)N1CCNCC1)C(=O)c1cc(C)cc(C)c1. The van der Waals surface area contributed by atoms with Crippen LogP contribution in [0.1, 0.15) is 41.8 Å². The van der Waals surface area contributed by atoms with Crippen molar-refractivity contribution in [1.29, 1.82) is 0 Å². The molecule has 1 heterocycles. The highest BCUT2D eigenvalue weighted by atomic mass is 16.2. The van der Waals surface area contributed by atoms with E-state index in [1.807, 2.05) is 35.8 Å². The van der Waals surface area contributed by atoms with Gasteiger partial charge in [-0.05, 0) is 39.1 Å². The third kappa shape index (κ3) is 6.60. The number of likely N-dealkylation sites (N-methyl/N-ethyl adjacent to an activating group) is 1. The Morgan fingerprint density at radius 2 is 1.57 bits per heavy atom. The molecule has 1 aromatic carbocycles. The molecule has 0 bridgehead atoms. The number of amides is 2. The number of aryl methyl sites for hydroxylation is 2. The molecule has 2 amide bonds. The highest BCUT2D eigenvalue weighted by Crippen LogP contribution is 2.13. The predicted octanol–water partition coefficient (Wildman–Crippen LogP) is 1.91. The normalized spacial score (nSPS) is 14.4. The van der Waals surface area contributed by atoms with Crippen LogP contribution in [0.4, 0.5) is 0 Å². The van der Waals surface area contributed by atoms with Gasteiger partial charge in [-0.15, -0.1) is 0 Å². The fourth-order valence-electron chi connectivity index (χ4n) is 3.70. The van der Waals surface area contributed by atoms with E-state index < -0.39 is 0 Å². The lowest BCUT2D eigenvalue weighted by molar-refractivity contribution is -0.131. The molecule has 1 fully saturated rings. The van der Waals surface area contributed by atoms with Gasteiger partial charge in [0.1, 0.15) is 0 Å². The number of nitrogens with zero attached hydrogens (tertiary/aromatic N) is 3. The van der Waals surface area contributed by atoms with Crippen LogP contribution in [0.2, 0.25) is 0 Å². The van der Waals surface area contributed by atoms with Gasteiger partial charge >= 0.3 is 0 Å². The standard InChI is InChI=1S/C22H36N4O2/c1-5-24(6-2)13-14-26(10-7-21(27)25-11-8-23-9-12-25)22(28)20-16-18(3)15-19(4)17-20/h15-17,23H,5-14H2,1-4H3. The van der Waals surface area contributed by atoms with Gasteiger partial charge in [-0.1, -0.05) is 31.0 Å². The molecule has 6 heteroatoms. The second-order valence-electron chi connectivity index (χ2n) is 7.58. The summed E-state index contributed by atoms with van der Waals surface area (Å²) in [5.41, 5.74) is 2.89. The van der Waals surface area contributed by atoms with Crippen molar-refractivity contribution in [2.24, 2.45) is 0 Å². The summed E-state index contributed by atoms with van der Waals surface area (Å²) >= 11 is 0. The molecule has 2 rings (SSSR count). The molecule has 1 aliphatic heterocycles. The van der Waals surface area contributed by atoms with Crippen molar-refractivity contribution in [3.8, 4) is 0 Å². The lowest BCUT2D eigenvalue weighted by Gasteiger charge is -2.30. The van der Waals surface area contributed by atoms with Crippen molar-refractivity contribution in [2.45, 2.75) is 34.1 Å². The minimum Gasteiger partial charge on any atom is -0.340 e. The topological polar surface area (TPSA) is 55.9 Å². The van der Waals surface area contributed by atoms with E-state index in [1.54, 1.807) is 0 Å². The van der Waals surface area contributed by atoms with E-state index in [0.29, 0.717) is 25.1 Å². The highest BCUT2D eigenvalue weighted by molar-refractivity contribution is 5.95. The van der Waals surface area contributed by atoms with E-state index in [2.05, 4.69) is 30.1 Å². The summed E-state index contributed by atoms with van der Waals surface area (Å²) < 4.78 is 0. The molecular weight excluding hydrogens is 352 g/mol. The first-order chi connectivity index (χ1) is 13.4. The zero-order chi connectivity index (χ0) is 20.5. The molecule has 6 nitrogen and oxygen atoms in total. The number of piperazine rings is 1. The predicted molar refractivity (Wildman–Crippen MR) is 114 cm³/mol. The molecule has 0 unspecified atom stereocenters.